The Labute approximate surface area is 153 Å². The second-order valence-corrected chi connectivity index (χ2v) is 6.16. The van der Waals surface area contributed by atoms with E-state index in [1.807, 2.05) is 72.8 Å². The van der Waals surface area contributed by atoms with Gasteiger partial charge in [-0.1, -0.05) is 72.8 Å². The molecule has 4 heteroatoms. The van der Waals surface area contributed by atoms with Crippen molar-refractivity contribution in [3.63, 3.8) is 0 Å². The molecule has 0 saturated heterocycles. The van der Waals surface area contributed by atoms with Crippen LogP contribution in [-0.2, 0) is 9.59 Å². The molecule has 0 aromatic heterocycles. The molecule has 3 aromatic rings. The van der Waals surface area contributed by atoms with E-state index in [0.29, 0.717) is 0 Å². The van der Waals surface area contributed by atoms with Crippen molar-refractivity contribution in [3.8, 4) is 0 Å². The van der Waals surface area contributed by atoms with Gasteiger partial charge in [-0.3, -0.25) is 9.59 Å². The van der Waals surface area contributed by atoms with Crippen LogP contribution in [0.5, 0.6) is 0 Å². The van der Waals surface area contributed by atoms with E-state index >= 15 is 0 Å². The summed E-state index contributed by atoms with van der Waals surface area (Å²) in [4.78, 5) is 25.7. The number of carbonyl (C=O) groups excluding carboxylic acids is 2. The Kier molecular flexibility index (Phi) is 5.32. The molecule has 0 saturated carbocycles. The molecule has 132 valence electrons. The minimum Gasteiger partial charge on any atom is -0.359 e. The number of nitrogens with one attached hydrogen (secondary N) is 2. The van der Waals surface area contributed by atoms with Gasteiger partial charge in [0.05, 0.1) is 11.8 Å². The molecule has 0 fully saturated rings. The van der Waals surface area contributed by atoms with Gasteiger partial charge >= 0.3 is 0 Å². The molecule has 26 heavy (non-hydrogen) atoms. The Morgan fingerprint density at radius 1 is 0.692 bits per heavy atom. The highest BCUT2D eigenvalue weighted by Gasteiger charge is 2.36. The van der Waals surface area contributed by atoms with Crippen molar-refractivity contribution in [2.75, 3.05) is 14.1 Å². The zero-order valence-electron chi connectivity index (χ0n) is 14.9. The van der Waals surface area contributed by atoms with Crippen LogP contribution in [0.1, 0.15) is 23.0 Å². The number of rotatable bonds is 5. The van der Waals surface area contributed by atoms with E-state index in [2.05, 4.69) is 10.6 Å². The Balaban J connectivity index is 2.24. The third-order valence-corrected chi connectivity index (χ3v) is 4.71. The number of benzene rings is 3. The molecule has 0 unspecified atom stereocenters. The lowest BCUT2D eigenvalue weighted by atomic mass is 9.78. The lowest BCUT2D eigenvalue weighted by Gasteiger charge is -2.26. The highest BCUT2D eigenvalue weighted by atomic mass is 16.2. The summed E-state index contributed by atoms with van der Waals surface area (Å²) in [5.41, 5.74) is 1.66. The molecule has 2 atom stereocenters. The Morgan fingerprint density at radius 2 is 1.27 bits per heavy atom. The quantitative estimate of drug-likeness (QED) is 0.745. The monoisotopic (exact) mass is 346 g/mol. The highest BCUT2D eigenvalue weighted by molar-refractivity contribution is 5.98. The predicted octanol–water partition coefficient (Wildman–Crippen LogP) is 3.20. The minimum atomic E-state index is -0.631. The van der Waals surface area contributed by atoms with Gasteiger partial charge < -0.3 is 10.6 Å². The third-order valence-electron chi connectivity index (χ3n) is 4.71. The first-order valence-electron chi connectivity index (χ1n) is 8.63. The van der Waals surface area contributed by atoms with Crippen LogP contribution in [0, 0.1) is 0 Å². The molecule has 0 radical (unpaired) electrons. The number of amides is 2. The van der Waals surface area contributed by atoms with Crippen molar-refractivity contribution >= 4 is 22.6 Å². The summed E-state index contributed by atoms with van der Waals surface area (Å²) in [6.45, 7) is 0. The van der Waals surface area contributed by atoms with Gasteiger partial charge in [-0.2, -0.15) is 0 Å². The second-order valence-electron chi connectivity index (χ2n) is 6.16. The van der Waals surface area contributed by atoms with Crippen LogP contribution in [0.15, 0.2) is 72.8 Å². The van der Waals surface area contributed by atoms with Crippen LogP contribution in [0.25, 0.3) is 10.8 Å². The molecule has 4 nitrogen and oxygen atoms in total. The molecular weight excluding hydrogens is 324 g/mol. The van der Waals surface area contributed by atoms with Gasteiger partial charge in [-0.05, 0) is 21.9 Å². The maximum Gasteiger partial charge on any atom is 0.228 e. The van der Waals surface area contributed by atoms with Crippen LogP contribution in [-0.4, -0.2) is 25.9 Å². The van der Waals surface area contributed by atoms with Gasteiger partial charge in [0.15, 0.2) is 0 Å². The highest BCUT2D eigenvalue weighted by Crippen LogP contribution is 2.37. The van der Waals surface area contributed by atoms with Crippen molar-refractivity contribution in [2.24, 2.45) is 0 Å². The second kappa shape index (κ2) is 7.83. The van der Waals surface area contributed by atoms with Crippen LogP contribution in [0.2, 0.25) is 0 Å². The summed E-state index contributed by atoms with van der Waals surface area (Å²) in [5, 5.41) is 7.48. The topological polar surface area (TPSA) is 58.2 Å². The van der Waals surface area contributed by atoms with Crippen LogP contribution >= 0.6 is 0 Å². The lowest BCUT2D eigenvalue weighted by Crippen LogP contribution is -2.37. The van der Waals surface area contributed by atoms with E-state index < -0.39 is 11.8 Å². The zero-order chi connectivity index (χ0) is 18.5. The first-order valence-corrected chi connectivity index (χ1v) is 8.63. The van der Waals surface area contributed by atoms with Crippen molar-refractivity contribution in [1.29, 1.82) is 0 Å². The summed E-state index contributed by atoms with van der Waals surface area (Å²) in [6.07, 6.45) is 0. The number of hydrogen-bond acceptors (Lipinski definition) is 2. The summed E-state index contributed by atoms with van der Waals surface area (Å²) in [7, 11) is 3.20. The van der Waals surface area contributed by atoms with Crippen LogP contribution in [0.4, 0.5) is 0 Å². The van der Waals surface area contributed by atoms with Gasteiger partial charge in [-0.25, -0.2) is 0 Å². The first-order chi connectivity index (χ1) is 12.7. The SMILES string of the molecule is CNC(=O)[C@H](c1cccc2ccccc12)[C@@H](C(=O)NC)c1ccccc1. The smallest absolute Gasteiger partial charge is 0.228 e. The predicted molar refractivity (Wildman–Crippen MR) is 104 cm³/mol. The number of likely N-dealkylation sites (N-methyl/N-ethyl adjacent to an activating group) is 2. The maximum atomic E-state index is 12.9. The van der Waals surface area contributed by atoms with E-state index in [9.17, 15) is 9.59 Å². The summed E-state index contributed by atoms with van der Waals surface area (Å²) in [6, 6.07) is 23.2. The molecule has 0 bridgehead atoms. The number of carbonyl (C=O) groups is 2. The third kappa shape index (κ3) is 3.31. The fraction of sp³-hybridized carbons (Fsp3) is 0.182. The van der Waals surface area contributed by atoms with Gasteiger partial charge in [0.1, 0.15) is 0 Å². The van der Waals surface area contributed by atoms with Crippen LogP contribution < -0.4 is 10.6 Å². The van der Waals surface area contributed by atoms with Gasteiger partial charge in [0, 0.05) is 14.1 Å². The summed E-state index contributed by atoms with van der Waals surface area (Å²) >= 11 is 0. The molecule has 2 N–H and O–H groups in total. The summed E-state index contributed by atoms with van der Waals surface area (Å²) < 4.78 is 0. The largest absolute Gasteiger partial charge is 0.359 e. The molecule has 3 aromatic carbocycles. The van der Waals surface area contributed by atoms with E-state index in [-0.39, 0.29) is 11.8 Å². The van der Waals surface area contributed by atoms with Crippen molar-refractivity contribution < 1.29 is 9.59 Å². The van der Waals surface area contributed by atoms with E-state index in [1.54, 1.807) is 14.1 Å². The molecule has 0 aliphatic carbocycles. The molecule has 0 aliphatic rings. The van der Waals surface area contributed by atoms with E-state index in [0.717, 1.165) is 21.9 Å². The van der Waals surface area contributed by atoms with E-state index in [1.165, 1.54) is 0 Å². The van der Waals surface area contributed by atoms with Gasteiger partial charge in [0.25, 0.3) is 0 Å². The average molecular weight is 346 g/mol. The van der Waals surface area contributed by atoms with Crippen LogP contribution in [0.3, 0.4) is 0 Å². The van der Waals surface area contributed by atoms with E-state index in [4.69, 9.17) is 0 Å². The normalized spacial score (nSPS) is 13.0. The van der Waals surface area contributed by atoms with Crippen molar-refractivity contribution in [2.45, 2.75) is 11.8 Å². The Hall–Kier alpha value is -3.14. The summed E-state index contributed by atoms with van der Waals surface area (Å²) in [5.74, 6) is -1.61. The fourth-order valence-corrected chi connectivity index (χ4v) is 3.46. The molecule has 0 aliphatic heterocycles. The first kappa shape index (κ1) is 17.7. The molecule has 2 amide bonds. The Bertz CT molecular complexity index is 916. The maximum absolute atomic E-state index is 12.9. The Morgan fingerprint density at radius 3 is 1.96 bits per heavy atom. The molecule has 0 heterocycles. The standard InChI is InChI=1S/C22H22N2O2/c1-23-21(25)19(16-10-4-3-5-11-16)20(22(26)24-2)18-14-8-12-15-9-6-7-13-17(15)18/h3-14,19-20H,1-2H3,(H,23,25)(H,24,26)/t19-,20+/m0/s1. The van der Waals surface area contributed by atoms with Gasteiger partial charge in [-0.15, -0.1) is 0 Å². The molecular formula is C22H22N2O2. The molecule has 3 rings (SSSR count). The number of fused-ring (bicyclic) bond motifs is 1. The zero-order valence-corrected chi connectivity index (χ0v) is 14.9. The van der Waals surface area contributed by atoms with Gasteiger partial charge in [0.2, 0.25) is 11.8 Å². The lowest BCUT2D eigenvalue weighted by molar-refractivity contribution is -0.128. The minimum absolute atomic E-state index is 0.182. The average Bonchev–Trinajstić information content (AvgIpc) is 2.71. The van der Waals surface area contributed by atoms with Crippen molar-refractivity contribution in [3.05, 3.63) is 83.9 Å². The fourth-order valence-electron chi connectivity index (χ4n) is 3.46. The molecule has 0 spiro atoms. The van der Waals surface area contributed by atoms with Crippen molar-refractivity contribution in [1.82, 2.24) is 10.6 Å². The number of hydrogen-bond donors (Lipinski definition) is 2.